The van der Waals surface area contributed by atoms with Crippen molar-refractivity contribution in [2.24, 2.45) is 0 Å². The van der Waals surface area contributed by atoms with E-state index in [2.05, 4.69) is 0 Å². The van der Waals surface area contributed by atoms with Crippen LogP contribution in [0.1, 0.15) is 19.3 Å². The minimum absolute atomic E-state index is 0. The fourth-order valence-corrected chi connectivity index (χ4v) is 4.12. The second kappa shape index (κ2) is 25.4. The number of hydrogen-bond donors (Lipinski definition) is 0. The molecule has 0 saturated carbocycles. The second-order valence-electron chi connectivity index (χ2n) is 3.39. The summed E-state index contributed by atoms with van der Waals surface area (Å²) in [5.74, 6) is 0. The Bertz CT molecular complexity index is 371. The largest absolute Gasteiger partial charge is 1.00 e. The minimum atomic E-state index is -5.59. The van der Waals surface area contributed by atoms with Crippen molar-refractivity contribution in [2.75, 3.05) is 6.16 Å². The first-order chi connectivity index (χ1) is 7.34. The van der Waals surface area contributed by atoms with Crippen molar-refractivity contribution >= 4 is 22.8 Å². The van der Waals surface area contributed by atoms with Gasteiger partial charge in [-0.2, -0.15) is 0 Å². The Labute approximate surface area is 391 Å². The second-order valence-corrected chi connectivity index (χ2v) is 8.87. The molecule has 0 bridgehead atoms. The topological polar surface area (TPSA) is 190 Å². The van der Waals surface area contributed by atoms with Crippen molar-refractivity contribution < 1.29 is 351 Å². The van der Waals surface area contributed by atoms with Crippen molar-refractivity contribution in [3.63, 3.8) is 0 Å². The summed E-state index contributed by atoms with van der Waals surface area (Å²) in [6.07, 6.45) is -2.22. The number of hydrogen-bond acceptors (Lipinski definition) is 9. The Hall–Kier alpha value is 10.3. The Kier molecular flexibility index (Phi) is 55.4. The normalized spacial score (nSPS) is 10.6. The predicted molar refractivity (Wildman–Crippen MR) is 45.3 cm³/mol. The summed E-state index contributed by atoms with van der Waals surface area (Å²) in [7, 11) is -15.9. The van der Waals surface area contributed by atoms with E-state index in [-0.39, 0.29) is 321 Å². The molecule has 0 aromatic heterocycles. The summed E-state index contributed by atoms with van der Waals surface area (Å²) in [6.45, 7) is 0. The van der Waals surface area contributed by atoms with E-state index in [4.69, 9.17) is 0 Å². The average Bonchev–Trinajstić information content (AvgIpc) is 1.95. The molecule has 0 saturated heterocycles. The molecule has 0 aliphatic carbocycles. The van der Waals surface area contributed by atoms with Crippen LogP contribution in [0, 0.1) is 0 Å². The van der Waals surface area contributed by atoms with Gasteiger partial charge in [0.2, 0.25) is 0 Å². The van der Waals surface area contributed by atoms with E-state index in [1.807, 2.05) is 0 Å². The van der Waals surface area contributed by atoms with E-state index in [0.717, 1.165) is 0 Å². The van der Waals surface area contributed by atoms with Gasteiger partial charge in [-0.05, 0) is 19.0 Å². The van der Waals surface area contributed by atoms with E-state index in [1.54, 1.807) is 0 Å². The smallest absolute Gasteiger partial charge is 0.811 e. The van der Waals surface area contributed by atoms with Crippen LogP contribution in [-0.4, -0.2) is 11.6 Å². The molecule has 0 fully saturated rings. The fraction of sp³-hybridized carbons (Fsp3) is 1.00. The summed E-state index contributed by atoms with van der Waals surface area (Å²) >= 11 is 0. The Morgan fingerprint density at radius 2 is 0.913 bits per heavy atom. The molecule has 0 aliphatic heterocycles. The van der Waals surface area contributed by atoms with Crippen molar-refractivity contribution in [1.29, 1.82) is 0 Å². The van der Waals surface area contributed by atoms with Gasteiger partial charge in [0.25, 0.3) is 0 Å². The van der Waals surface area contributed by atoms with Crippen LogP contribution in [0.3, 0.4) is 0 Å². The van der Waals surface area contributed by atoms with Crippen LogP contribution < -0.4 is 338 Å². The molecule has 0 aromatic carbocycles. The van der Waals surface area contributed by atoms with Crippen LogP contribution in [0.25, 0.3) is 0 Å². The van der Waals surface area contributed by atoms with E-state index in [9.17, 15) is 43.1 Å². The summed E-state index contributed by atoms with van der Waals surface area (Å²) in [5.41, 5.74) is 0. The maximum atomic E-state index is 10.5. The SMILES string of the molecule is O=P([O-])([O-])CCCCC(P(=O)([O-])[O-])P(=O)([O-])[O-].[K+].[K+].[K+].[K+].[K+].[K+]. The van der Waals surface area contributed by atoms with Gasteiger partial charge in [-0.3, -0.25) is 0 Å². The fourth-order valence-electron chi connectivity index (χ4n) is 1.12. The standard InChI is InChI=1S/C5H15O9P3.6K/c6-15(7,8)4-2-1-3-5(16(9,10)11)17(12,13)14;;;;;;/h5H,1-4H2,(H2,6,7,8)(H2,9,10,11)(H2,12,13,14);;;;;;/q;6*+1/p-6. The predicted octanol–water partition coefficient (Wildman–Crippen LogP) is -21.8. The zero-order chi connectivity index (χ0) is 13.9. The van der Waals surface area contributed by atoms with Gasteiger partial charge in [-0.25, -0.2) is 0 Å². The summed E-state index contributed by atoms with van der Waals surface area (Å²) in [6, 6.07) is 0. The molecule has 0 spiro atoms. The minimum Gasteiger partial charge on any atom is -0.811 e. The van der Waals surface area contributed by atoms with Gasteiger partial charge < -0.3 is 43.1 Å². The molecule has 0 heterocycles. The molecule has 0 N–H and O–H groups in total. The summed E-state index contributed by atoms with van der Waals surface area (Å²) in [4.78, 5) is 62.3. The van der Waals surface area contributed by atoms with Gasteiger partial charge in [0, 0.05) is 5.40 Å². The molecular weight excluding hydrogens is 532 g/mol. The monoisotopic (exact) mass is 540 g/mol. The molecule has 0 aliphatic rings. The molecule has 0 rings (SSSR count). The maximum Gasteiger partial charge on any atom is 1.00 e. The Balaban J connectivity index is -0.0000000853. The van der Waals surface area contributed by atoms with Crippen molar-refractivity contribution in [3.05, 3.63) is 0 Å². The van der Waals surface area contributed by atoms with Crippen molar-refractivity contribution in [3.8, 4) is 0 Å². The third-order valence-corrected chi connectivity index (χ3v) is 6.41. The molecule has 0 atom stereocenters. The number of unbranched alkanes of at least 4 members (excludes halogenated alkanes) is 1. The maximum absolute atomic E-state index is 10.5. The molecule has 0 radical (unpaired) electrons. The zero-order valence-electron chi connectivity index (χ0n) is 14.4. The van der Waals surface area contributed by atoms with E-state index in [0.29, 0.717) is 0 Å². The van der Waals surface area contributed by atoms with Crippen LogP contribution in [-0.2, 0) is 13.7 Å². The molecule has 0 amide bonds. The molecule has 0 aromatic rings. The van der Waals surface area contributed by atoms with Crippen molar-refractivity contribution in [2.45, 2.75) is 24.7 Å². The first-order valence-electron chi connectivity index (χ1n) is 4.38. The van der Waals surface area contributed by atoms with Crippen LogP contribution in [0.4, 0.5) is 0 Å². The van der Waals surface area contributed by atoms with E-state index in [1.165, 1.54) is 0 Å². The van der Waals surface area contributed by atoms with Gasteiger partial charge in [-0.15, -0.1) is 0 Å². The zero-order valence-corrected chi connectivity index (χ0v) is 35.8. The molecule has 23 heavy (non-hydrogen) atoms. The summed E-state index contributed by atoms with van der Waals surface area (Å²) < 4.78 is 31.2. The first kappa shape index (κ1) is 50.2. The molecule has 9 nitrogen and oxygen atoms in total. The van der Waals surface area contributed by atoms with Crippen LogP contribution in [0.15, 0.2) is 0 Å². The quantitative estimate of drug-likeness (QED) is 0.171. The van der Waals surface area contributed by atoms with E-state index >= 15 is 0 Å². The van der Waals surface area contributed by atoms with Gasteiger partial charge in [0.05, 0.1) is 0 Å². The average molecular weight is 541 g/mol. The molecule has 18 heteroatoms. The van der Waals surface area contributed by atoms with Gasteiger partial charge >= 0.3 is 308 Å². The van der Waals surface area contributed by atoms with Gasteiger partial charge in [0.15, 0.2) is 0 Å². The Morgan fingerprint density at radius 1 is 0.609 bits per heavy atom. The number of rotatable bonds is 7. The van der Waals surface area contributed by atoms with Crippen LogP contribution >= 0.6 is 22.8 Å². The van der Waals surface area contributed by atoms with Gasteiger partial charge in [-0.1, -0.05) is 29.2 Å². The van der Waals surface area contributed by atoms with Gasteiger partial charge in [0.1, 0.15) is 0 Å². The van der Waals surface area contributed by atoms with E-state index < -0.39 is 40.8 Å². The first-order valence-corrected chi connectivity index (χ1v) is 9.34. The van der Waals surface area contributed by atoms with Crippen LogP contribution in [0.5, 0.6) is 0 Å². The summed E-state index contributed by atoms with van der Waals surface area (Å²) in [5, 5.41) is -2.59. The third kappa shape index (κ3) is 32.3. The molecule has 0 unspecified atom stereocenters. The Morgan fingerprint density at radius 3 is 1.13 bits per heavy atom. The molecule has 104 valence electrons. The van der Waals surface area contributed by atoms with Crippen LogP contribution in [0.2, 0.25) is 0 Å². The van der Waals surface area contributed by atoms with Crippen molar-refractivity contribution in [1.82, 2.24) is 0 Å². The third-order valence-electron chi connectivity index (χ3n) is 1.87. The molecular formula is C5H9K6O9P3.